The van der Waals surface area contributed by atoms with Gasteiger partial charge in [-0.15, -0.1) is 11.3 Å². The first-order valence-electron chi connectivity index (χ1n) is 8.00. The van der Waals surface area contributed by atoms with Gasteiger partial charge in [0.15, 0.2) is 0 Å². The van der Waals surface area contributed by atoms with Gasteiger partial charge in [0, 0.05) is 28.7 Å². The van der Waals surface area contributed by atoms with Crippen molar-refractivity contribution >= 4 is 33.2 Å². The van der Waals surface area contributed by atoms with Gasteiger partial charge in [-0.25, -0.2) is 4.39 Å². The van der Waals surface area contributed by atoms with Crippen molar-refractivity contribution < 1.29 is 19.1 Å². The Balaban J connectivity index is 1.56. The molecule has 3 N–H and O–H groups in total. The lowest BCUT2D eigenvalue weighted by molar-refractivity contribution is 0.0929. The van der Waals surface area contributed by atoms with Crippen LogP contribution >= 0.6 is 11.3 Å². The number of hydrogen-bond acceptors (Lipinski definition) is 4. The summed E-state index contributed by atoms with van der Waals surface area (Å²) < 4.78 is 14.6. The van der Waals surface area contributed by atoms with Crippen molar-refractivity contribution in [1.82, 2.24) is 10.6 Å². The molecule has 26 heavy (non-hydrogen) atoms. The largest absolute Gasteiger partial charge is 0.508 e. The average molecular weight is 372 g/mol. The second kappa shape index (κ2) is 7.53. The minimum atomic E-state index is -0.337. The van der Waals surface area contributed by atoms with Crippen LogP contribution < -0.4 is 10.6 Å². The molecule has 0 saturated carbocycles. The van der Waals surface area contributed by atoms with Crippen molar-refractivity contribution in [2.24, 2.45) is 0 Å². The van der Waals surface area contributed by atoms with E-state index in [1.165, 1.54) is 41.7 Å². The van der Waals surface area contributed by atoms with E-state index in [4.69, 9.17) is 0 Å². The van der Waals surface area contributed by atoms with Gasteiger partial charge in [-0.3, -0.25) is 9.59 Å². The Morgan fingerprint density at radius 1 is 1.04 bits per heavy atom. The summed E-state index contributed by atoms with van der Waals surface area (Å²) in [6.45, 7) is 2.23. The Morgan fingerprint density at radius 2 is 1.69 bits per heavy atom. The molecule has 0 aliphatic heterocycles. The highest BCUT2D eigenvalue weighted by atomic mass is 32.1. The molecule has 7 heteroatoms. The van der Waals surface area contributed by atoms with Gasteiger partial charge < -0.3 is 15.7 Å². The molecule has 0 radical (unpaired) electrons. The summed E-state index contributed by atoms with van der Waals surface area (Å²) in [5.74, 6) is -0.832. The molecule has 2 aromatic carbocycles. The molecule has 2 amide bonds. The fourth-order valence-corrected chi connectivity index (χ4v) is 3.76. The van der Waals surface area contributed by atoms with E-state index in [2.05, 4.69) is 10.6 Å². The predicted molar refractivity (Wildman–Crippen MR) is 99.3 cm³/mol. The predicted octanol–water partition coefficient (Wildman–Crippen LogP) is 3.21. The average Bonchev–Trinajstić information content (AvgIpc) is 2.97. The van der Waals surface area contributed by atoms with Crippen molar-refractivity contribution in [2.45, 2.75) is 6.92 Å². The maximum atomic E-state index is 13.9. The van der Waals surface area contributed by atoms with Crippen LogP contribution in [0.4, 0.5) is 4.39 Å². The van der Waals surface area contributed by atoms with Crippen molar-refractivity contribution in [3.63, 3.8) is 0 Å². The summed E-state index contributed by atoms with van der Waals surface area (Å²) >= 11 is 1.25. The lowest BCUT2D eigenvalue weighted by Crippen LogP contribution is -2.34. The first kappa shape index (κ1) is 17.9. The quantitative estimate of drug-likeness (QED) is 0.602. The standard InChI is InChI=1S/C19H17FN2O3S/c1-11-16-14(20)3-2-4-15(16)26-17(11)19(25)22-10-9-21-18(24)12-5-7-13(23)8-6-12/h2-8,23H,9-10H2,1H3,(H,21,24)(H,22,25). The zero-order chi connectivity index (χ0) is 18.7. The highest BCUT2D eigenvalue weighted by Gasteiger charge is 2.17. The molecule has 134 valence electrons. The van der Waals surface area contributed by atoms with Crippen LogP contribution in [0.5, 0.6) is 5.75 Å². The zero-order valence-electron chi connectivity index (χ0n) is 14.0. The number of phenolic OH excluding ortho intramolecular Hbond substituents is 1. The number of thiophene rings is 1. The van der Waals surface area contributed by atoms with Gasteiger partial charge in [0.2, 0.25) is 0 Å². The summed E-state index contributed by atoms with van der Waals surface area (Å²) in [7, 11) is 0. The van der Waals surface area contributed by atoms with E-state index >= 15 is 0 Å². The third-order valence-corrected chi connectivity index (χ3v) is 5.19. The number of nitrogens with one attached hydrogen (secondary N) is 2. The number of benzene rings is 2. The Kier molecular flexibility index (Phi) is 5.18. The molecule has 3 rings (SSSR count). The van der Waals surface area contributed by atoms with Crippen molar-refractivity contribution in [1.29, 1.82) is 0 Å². The number of aryl methyl sites for hydroxylation is 1. The Morgan fingerprint density at radius 3 is 2.35 bits per heavy atom. The molecular formula is C19H17FN2O3S. The Bertz CT molecular complexity index is 967. The van der Waals surface area contributed by atoms with Gasteiger partial charge in [-0.05, 0) is 48.9 Å². The number of carbonyl (C=O) groups excluding carboxylic acids is 2. The fraction of sp³-hybridized carbons (Fsp3) is 0.158. The molecular weight excluding hydrogens is 355 g/mol. The summed E-state index contributed by atoms with van der Waals surface area (Å²) in [6, 6.07) is 10.7. The molecule has 0 saturated heterocycles. The van der Waals surface area contributed by atoms with Crippen molar-refractivity contribution in [3.05, 3.63) is 64.3 Å². The molecule has 0 spiro atoms. The summed E-state index contributed by atoms with van der Waals surface area (Å²) in [4.78, 5) is 24.7. The summed E-state index contributed by atoms with van der Waals surface area (Å²) in [5, 5.41) is 15.1. The first-order valence-corrected chi connectivity index (χ1v) is 8.82. The smallest absolute Gasteiger partial charge is 0.261 e. The van der Waals surface area contributed by atoms with Crippen LogP contribution in [0.25, 0.3) is 10.1 Å². The van der Waals surface area contributed by atoms with E-state index in [1.807, 2.05) is 0 Å². The summed E-state index contributed by atoms with van der Waals surface area (Å²) in [5.41, 5.74) is 1.04. The molecule has 0 atom stereocenters. The second-order valence-corrected chi connectivity index (χ2v) is 6.78. The lowest BCUT2D eigenvalue weighted by atomic mass is 10.1. The topological polar surface area (TPSA) is 78.4 Å². The second-order valence-electron chi connectivity index (χ2n) is 5.73. The Hall–Kier alpha value is -2.93. The first-order chi connectivity index (χ1) is 12.5. The van der Waals surface area contributed by atoms with E-state index in [0.717, 1.165) is 4.70 Å². The molecule has 0 aliphatic rings. The zero-order valence-corrected chi connectivity index (χ0v) is 14.8. The summed E-state index contributed by atoms with van der Waals surface area (Å²) in [6.07, 6.45) is 0. The van der Waals surface area contributed by atoms with Gasteiger partial charge in [0.05, 0.1) is 4.88 Å². The highest BCUT2D eigenvalue weighted by Crippen LogP contribution is 2.32. The van der Waals surface area contributed by atoms with Crippen LogP contribution in [0.1, 0.15) is 25.6 Å². The molecule has 0 bridgehead atoms. The fourth-order valence-electron chi connectivity index (χ4n) is 2.62. The van der Waals surface area contributed by atoms with E-state index < -0.39 is 0 Å². The number of phenols is 1. The van der Waals surface area contributed by atoms with Crippen molar-refractivity contribution in [2.75, 3.05) is 13.1 Å². The third-order valence-electron chi connectivity index (χ3n) is 3.93. The van der Waals surface area contributed by atoms with Gasteiger partial charge in [0.1, 0.15) is 11.6 Å². The molecule has 5 nitrogen and oxygen atoms in total. The van der Waals surface area contributed by atoms with Gasteiger partial charge >= 0.3 is 0 Å². The monoisotopic (exact) mass is 372 g/mol. The third kappa shape index (κ3) is 3.67. The van der Waals surface area contributed by atoms with Crippen LogP contribution in [0.15, 0.2) is 42.5 Å². The van der Waals surface area contributed by atoms with E-state index in [9.17, 15) is 19.1 Å². The maximum Gasteiger partial charge on any atom is 0.261 e. The number of amides is 2. The molecule has 1 heterocycles. The minimum absolute atomic E-state index is 0.0870. The van der Waals surface area contributed by atoms with E-state index in [1.54, 1.807) is 19.1 Å². The number of fused-ring (bicyclic) bond motifs is 1. The van der Waals surface area contributed by atoms with Gasteiger partial charge in [-0.1, -0.05) is 6.07 Å². The minimum Gasteiger partial charge on any atom is -0.508 e. The molecule has 0 aliphatic carbocycles. The highest BCUT2D eigenvalue weighted by molar-refractivity contribution is 7.21. The van der Waals surface area contributed by atoms with Crippen LogP contribution in [-0.4, -0.2) is 30.0 Å². The van der Waals surface area contributed by atoms with Gasteiger partial charge in [-0.2, -0.15) is 0 Å². The van der Waals surface area contributed by atoms with E-state index in [-0.39, 0.29) is 36.5 Å². The van der Waals surface area contributed by atoms with Crippen molar-refractivity contribution in [3.8, 4) is 5.75 Å². The number of hydrogen-bond donors (Lipinski definition) is 3. The van der Waals surface area contributed by atoms with Gasteiger partial charge in [0.25, 0.3) is 11.8 Å². The molecule has 3 aromatic rings. The molecule has 0 fully saturated rings. The van der Waals surface area contributed by atoms with Crippen LogP contribution in [0.2, 0.25) is 0 Å². The van der Waals surface area contributed by atoms with Crippen LogP contribution in [0.3, 0.4) is 0 Å². The molecule has 0 unspecified atom stereocenters. The number of halogens is 1. The Labute approximate surface area is 153 Å². The maximum absolute atomic E-state index is 13.9. The van der Waals surface area contributed by atoms with Crippen LogP contribution in [0, 0.1) is 12.7 Å². The normalized spacial score (nSPS) is 10.7. The number of aromatic hydroxyl groups is 1. The molecule has 1 aromatic heterocycles. The van der Waals surface area contributed by atoms with E-state index in [0.29, 0.717) is 21.4 Å². The van der Waals surface area contributed by atoms with Crippen LogP contribution in [-0.2, 0) is 0 Å². The lowest BCUT2D eigenvalue weighted by Gasteiger charge is -2.07. The number of carbonyl (C=O) groups is 2. The SMILES string of the molecule is Cc1c(C(=O)NCCNC(=O)c2ccc(O)cc2)sc2cccc(F)c12. The number of rotatable bonds is 5.